The molecule has 2 fully saturated rings. The van der Waals surface area contributed by atoms with Gasteiger partial charge in [-0.25, -0.2) is 0 Å². The van der Waals surface area contributed by atoms with E-state index in [1.165, 1.54) is 0 Å². The maximum absolute atomic E-state index is 14.2. The highest BCUT2D eigenvalue weighted by Gasteiger charge is 2.52. The molecule has 46 heavy (non-hydrogen) atoms. The van der Waals surface area contributed by atoms with Crippen LogP contribution in [0.3, 0.4) is 0 Å². The average Bonchev–Trinajstić information content (AvgIpc) is 3.60. The minimum Gasteiger partial charge on any atom is -0.396 e. The van der Waals surface area contributed by atoms with Gasteiger partial charge in [0.05, 0.1) is 17.9 Å². The first kappa shape index (κ1) is 31.6. The number of hydrogen-bond donors (Lipinski definition) is 2. The molecule has 0 unspecified atom stereocenters. The van der Waals surface area contributed by atoms with Crippen molar-refractivity contribution in [1.29, 1.82) is 0 Å². The summed E-state index contributed by atoms with van der Waals surface area (Å²) in [6, 6.07) is 13.2. The van der Waals surface area contributed by atoms with Gasteiger partial charge >= 0.3 is 0 Å². The van der Waals surface area contributed by atoms with Crippen molar-refractivity contribution < 1.29 is 24.6 Å². The fraction of sp³-hybridized carbons (Fsp3) is 0.457. The molecule has 0 aliphatic carbocycles. The molecule has 0 saturated carbocycles. The van der Waals surface area contributed by atoms with Gasteiger partial charge in [-0.2, -0.15) is 0 Å². The number of aryl methyl sites for hydroxylation is 1. The van der Waals surface area contributed by atoms with Crippen molar-refractivity contribution in [3.63, 3.8) is 0 Å². The third kappa shape index (κ3) is 6.21. The van der Waals surface area contributed by atoms with Crippen LogP contribution >= 0.6 is 0 Å². The molecule has 0 radical (unpaired) electrons. The molecule has 3 aliphatic heterocycles. The normalized spacial score (nSPS) is 21.0. The number of carbonyl (C=O) groups is 3. The van der Waals surface area contributed by atoms with Gasteiger partial charge in [0.1, 0.15) is 0 Å². The Kier molecular flexibility index (Phi) is 9.32. The smallest absolute Gasteiger partial charge is 0.264 e. The Morgan fingerprint density at radius 3 is 2.28 bits per heavy atom. The number of rotatable bonds is 11. The molecule has 1 aromatic heterocycles. The van der Waals surface area contributed by atoms with Crippen molar-refractivity contribution >= 4 is 34.8 Å². The first-order valence-corrected chi connectivity index (χ1v) is 16.3. The highest BCUT2D eigenvalue weighted by Crippen LogP contribution is 2.47. The summed E-state index contributed by atoms with van der Waals surface area (Å²) in [6.45, 7) is 3.98. The van der Waals surface area contributed by atoms with E-state index < -0.39 is 17.4 Å². The molecule has 11 nitrogen and oxygen atoms in total. The third-order valence-electron chi connectivity index (χ3n) is 9.36. The Balaban J connectivity index is 1.25. The van der Waals surface area contributed by atoms with E-state index in [9.17, 15) is 19.5 Å². The fourth-order valence-corrected chi connectivity index (χ4v) is 6.70. The van der Waals surface area contributed by atoms with Gasteiger partial charge < -0.3 is 24.9 Å². The molecule has 3 amide bonds. The van der Waals surface area contributed by atoms with E-state index in [1.807, 2.05) is 66.4 Å². The summed E-state index contributed by atoms with van der Waals surface area (Å²) in [5.74, 6) is -0.803. The van der Waals surface area contributed by atoms with E-state index in [2.05, 4.69) is 10.3 Å². The molecule has 3 aromatic rings. The molecule has 2 aromatic carbocycles. The van der Waals surface area contributed by atoms with Crippen LogP contribution in [0.4, 0.5) is 17.1 Å². The molecular weight excluding hydrogens is 584 g/mol. The number of anilines is 3. The summed E-state index contributed by atoms with van der Waals surface area (Å²) in [7, 11) is 0. The SMILES string of the molecule is C[C@H](/C=C/CCn1cc(CCO)nn1)[C@@]1(O)C(=O)N(Cc2ccc(N3CCCCC3=O)cc2)c2ccc(N3CCCCC3=O)cc21. The van der Waals surface area contributed by atoms with Gasteiger partial charge in [-0.15, -0.1) is 5.10 Å². The van der Waals surface area contributed by atoms with Crippen LogP contribution in [-0.2, 0) is 39.5 Å². The van der Waals surface area contributed by atoms with Gasteiger partial charge in [0.25, 0.3) is 5.91 Å². The molecule has 0 spiro atoms. The van der Waals surface area contributed by atoms with Crippen LogP contribution in [0.1, 0.15) is 68.7 Å². The van der Waals surface area contributed by atoms with Gasteiger partial charge in [-0.3, -0.25) is 19.1 Å². The zero-order valence-electron chi connectivity index (χ0n) is 26.3. The van der Waals surface area contributed by atoms with Crippen LogP contribution in [-0.4, -0.2) is 62.6 Å². The van der Waals surface area contributed by atoms with Crippen molar-refractivity contribution in [2.45, 2.75) is 77.0 Å². The highest BCUT2D eigenvalue weighted by atomic mass is 16.3. The van der Waals surface area contributed by atoms with E-state index in [1.54, 1.807) is 20.7 Å². The quantitative estimate of drug-likeness (QED) is 0.309. The molecule has 4 heterocycles. The summed E-state index contributed by atoms with van der Waals surface area (Å²) in [5.41, 5.74) is 2.42. The molecule has 3 aliphatic rings. The van der Waals surface area contributed by atoms with Gasteiger partial charge in [-0.05, 0) is 68.0 Å². The van der Waals surface area contributed by atoms with Gasteiger partial charge in [0.15, 0.2) is 5.60 Å². The lowest BCUT2D eigenvalue weighted by Gasteiger charge is -2.30. The number of piperidine rings is 2. The lowest BCUT2D eigenvalue weighted by molar-refractivity contribution is -0.139. The topological polar surface area (TPSA) is 132 Å². The van der Waals surface area contributed by atoms with Crippen LogP contribution < -0.4 is 14.7 Å². The van der Waals surface area contributed by atoms with E-state index in [-0.39, 0.29) is 25.0 Å². The number of benzene rings is 2. The highest BCUT2D eigenvalue weighted by molar-refractivity contribution is 6.08. The van der Waals surface area contributed by atoms with E-state index in [4.69, 9.17) is 5.11 Å². The van der Waals surface area contributed by atoms with Gasteiger partial charge in [0.2, 0.25) is 11.8 Å². The molecule has 2 atom stereocenters. The van der Waals surface area contributed by atoms with E-state index in [0.717, 1.165) is 42.6 Å². The number of aliphatic hydroxyl groups is 2. The van der Waals surface area contributed by atoms with Crippen molar-refractivity contribution in [3.8, 4) is 0 Å². The number of fused-ring (bicyclic) bond motifs is 1. The molecule has 6 rings (SSSR count). The summed E-state index contributed by atoms with van der Waals surface area (Å²) >= 11 is 0. The Labute approximate surface area is 269 Å². The standard InChI is InChI=1S/C35H42N6O5/c1-25(8-2-5-18-38-24-27(17-21-42)36-37-38)35(46)30-22-29(40-20-7-4-10-33(40)44)15-16-31(30)41(34(35)45)23-26-11-13-28(14-12-26)39-19-6-3-9-32(39)43/h2,8,11-16,22,24-25,42,46H,3-7,9-10,17-21,23H2,1H3/b8-2+/t25-,35+/m1/s1. The number of allylic oxidation sites excluding steroid dienone is 1. The number of nitrogens with zero attached hydrogens (tertiary/aromatic N) is 6. The summed E-state index contributed by atoms with van der Waals surface area (Å²) in [5, 5.41) is 29.6. The number of aromatic nitrogens is 3. The van der Waals surface area contributed by atoms with Crippen molar-refractivity contribution in [2.24, 2.45) is 5.92 Å². The number of amides is 3. The molecule has 242 valence electrons. The Hall–Kier alpha value is -4.35. The predicted octanol–water partition coefficient (Wildman–Crippen LogP) is 3.86. The summed E-state index contributed by atoms with van der Waals surface area (Å²) in [6.07, 6.45) is 11.4. The fourth-order valence-electron chi connectivity index (χ4n) is 6.70. The van der Waals surface area contributed by atoms with Crippen LogP contribution in [0.25, 0.3) is 0 Å². The summed E-state index contributed by atoms with van der Waals surface area (Å²) in [4.78, 5) is 44.6. The molecule has 2 N–H and O–H groups in total. The zero-order chi connectivity index (χ0) is 32.3. The van der Waals surface area contributed by atoms with Crippen molar-refractivity contribution in [1.82, 2.24) is 15.0 Å². The first-order valence-electron chi connectivity index (χ1n) is 16.3. The Bertz CT molecular complexity index is 1620. The largest absolute Gasteiger partial charge is 0.396 e. The monoisotopic (exact) mass is 626 g/mol. The molecule has 0 bridgehead atoms. The summed E-state index contributed by atoms with van der Waals surface area (Å²) < 4.78 is 1.71. The zero-order valence-corrected chi connectivity index (χ0v) is 26.3. The number of hydrogen-bond acceptors (Lipinski definition) is 7. The predicted molar refractivity (Wildman–Crippen MR) is 174 cm³/mol. The van der Waals surface area contributed by atoms with E-state index >= 15 is 0 Å². The van der Waals surface area contributed by atoms with Crippen LogP contribution in [0.5, 0.6) is 0 Å². The molecule has 11 heteroatoms. The molecular formula is C35H42N6O5. The first-order chi connectivity index (χ1) is 22.3. The minimum absolute atomic E-state index is 0.0137. The van der Waals surface area contributed by atoms with E-state index in [0.29, 0.717) is 62.3 Å². The second kappa shape index (κ2) is 13.6. The molecule has 2 saturated heterocycles. The van der Waals surface area contributed by atoms with Gasteiger partial charge in [0, 0.05) is 74.6 Å². The Morgan fingerprint density at radius 1 is 0.935 bits per heavy atom. The number of aliphatic hydroxyl groups excluding tert-OH is 1. The van der Waals surface area contributed by atoms with Crippen molar-refractivity contribution in [3.05, 3.63) is 77.6 Å². The minimum atomic E-state index is -1.83. The van der Waals surface area contributed by atoms with Crippen LogP contribution in [0.15, 0.2) is 60.8 Å². The second-order valence-corrected chi connectivity index (χ2v) is 12.5. The maximum Gasteiger partial charge on any atom is 0.264 e. The second-order valence-electron chi connectivity index (χ2n) is 12.5. The van der Waals surface area contributed by atoms with Crippen molar-refractivity contribution in [2.75, 3.05) is 34.4 Å². The maximum atomic E-state index is 14.2. The average molecular weight is 627 g/mol. The lowest BCUT2D eigenvalue weighted by atomic mass is 9.82. The Morgan fingerprint density at radius 2 is 1.61 bits per heavy atom. The third-order valence-corrected chi connectivity index (χ3v) is 9.36. The lowest BCUT2D eigenvalue weighted by Crippen LogP contribution is -2.44. The van der Waals surface area contributed by atoms with Crippen LogP contribution in [0, 0.1) is 5.92 Å². The number of carbonyl (C=O) groups excluding carboxylic acids is 3. The van der Waals surface area contributed by atoms with Crippen LogP contribution in [0.2, 0.25) is 0 Å². The van der Waals surface area contributed by atoms with Gasteiger partial charge in [-0.1, -0.05) is 36.4 Å².